The topological polar surface area (TPSA) is 57.3 Å². The van der Waals surface area contributed by atoms with Crippen molar-refractivity contribution >= 4 is 23.1 Å². The zero-order valence-corrected chi connectivity index (χ0v) is 13.9. The fraction of sp³-hybridized carbons (Fsp3) is 0.412. The van der Waals surface area contributed by atoms with Gasteiger partial charge in [-0.15, -0.1) is 11.3 Å². The van der Waals surface area contributed by atoms with Crippen LogP contribution in [-0.2, 0) is 13.1 Å². The molecule has 1 aliphatic rings. The number of urea groups is 1. The summed E-state index contributed by atoms with van der Waals surface area (Å²) in [6.45, 7) is 3.73. The highest BCUT2D eigenvalue weighted by Crippen LogP contribution is 2.15. The van der Waals surface area contributed by atoms with Crippen molar-refractivity contribution in [1.82, 2.24) is 15.2 Å². The number of aromatic nitrogens is 1. The van der Waals surface area contributed by atoms with Crippen LogP contribution in [0.3, 0.4) is 0 Å². The van der Waals surface area contributed by atoms with Gasteiger partial charge in [-0.25, -0.2) is 9.78 Å². The Balaban J connectivity index is 1.44. The molecule has 0 spiro atoms. The van der Waals surface area contributed by atoms with E-state index in [2.05, 4.69) is 25.9 Å². The van der Waals surface area contributed by atoms with Crippen LogP contribution < -0.4 is 10.6 Å². The molecule has 2 aromatic rings. The van der Waals surface area contributed by atoms with E-state index in [4.69, 9.17) is 0 Å². The van der Waals surface area contributed by atoms with Crippen molar-refractivity contribution in [3.8, 4) is 0 Å². The van der Waals surface area contributed by atoms with Crippen LogP contribution in [0.25, 0.3) is 0 Å². The van der Waals surface area contributed by atoms with E-state index < -0.39 is 0 Å². The molecule has 1 fully saturated rings. The molecule has 1 saturated heterocycles. The minimum atomic E-state index is -0.205. The monoisotopic (exact) mass is 330 g/mol. The van der Waals surface area contributed by atoms with E-state index in [9.17, 15) is 4.79 Å². The van der Waals surface area contributed by atoms with Crippen molar-refractivity contribution in [2.45, 2.75) is 32.4 Å². The predicted octanol–water partition coefficient (Wildman–Crippen LogP) is 3.45. The number of carbonyl (C=O) groups is 1. The zero-order valence-electron chi connectivity index (χ0n) is 13.1. The van der Waals surface area contributed by atoms with E-state index in [1.165, 1.54) is 32.4 Å². The lowest BCUT2D eigenvalue weighted by atomic mass is 10.1. The lowest BCUT2D eigenvalue weighted by Crippen LogP contribution is -2.29. The van der Waals surface area contributed by atoms with Crippen molar-refractivity contribution in [2.24, 2.45) is 0 Å². The molecule has 0 radical (unpaired) electrons. The Morgan fingerprint density at radius 2 is 1.96 bits per heavy atom. The molecule has 5 nitrogen and oxygen atoms in total. The Morgan fingerprint density at radius 1 is 1.17 bits per heavy atom. The predicted molar refractivity (Wildman–Crippen MR) is 93.5 cm³/mol. The molecule has 1 aliphatic heterocycles. The van der Waals surface area contributed by atoms with Crippen molar-refractivity contribution < 1.29 is 4.79 Å². The minimum absolute atomic E-state index is 0.205. The molecule has 2 heterocycles. The van der Waals surface area contributed by atoms with Crippen LogP contribution in [-0.4, -0.2) is 29.0 Å². The summed E-state index contributed by atoms with van der Waals surface area (Å²) in [5.41, 5.74) is 1.90. The summed E-state index contributed by atoms with van der Waals surface area (Å²) >= 11 is 1.61. The van der Waals surface area contributed by atoms with Gasteiger partial charge >= 0.3 is 6.03 Å². The molecule has 2 amide bonds. The summed E-state index contributed by atoms with van der Waals surface area (Å²) in [6, 6.07) is 9.22. The first-order valence-electron chi connectivity index (χ1n) is 8.05. The number of amides is 2. The Morgan fingerprint density at radius 3 is 2.74 bits per heavy atom. The minimum Gasteiger partial charge on any atom is -0.331 e. The molecule has 23 heavy (non-hydrogen) atoms. The number of benzene rings is 1. The largest absolute Gasteiger partial charge is 0.331 e. The highest BCUT2D eigenvalue weighted by atomic mass is 32.1. The smallest absolute Gasteiger partial charge is 0.319 e. The van der Waals surface area contributed by atoms with Crippen LogP contribution in [0.1, 0.15) is 30.0 Å². The van der Waals surface area contributed by atoms with E-state index in [-0.39, 0.29) is 6.03 Å². The summed E-state index contributed by atoms with van der Waals surface area (Å²) < 4.78 is 0. The van der Waals surface area contributed by atoms with E-state index in [1.54, 1.807) is 11.3 Å². The quantitative estimate of drug-likeness (QED) is 0.883. The third-order valence-electron chi connectivity index (χ3n) is 3.87. The van der Waals surface area contributed by atoms with Gasteiger partial charge in [0, 0.05) is 17.6 Å². The first-order valence-corrected chi connectivity index (χ1v) is 8.93. The van der Waals surface area contributed by atoms with Crippen LogP contribution in [0.15, 0.2) is 35.7 Å². The van der Waals surface area contributed by atoms with Gasteiger partial charge in [-0.3, -0.25) is 4.90 Å². The van der Waals surface area contributed by atoms with Gasteiger partial charge in [-0.05, 0) is 38.1 Å². The van der Waals surface area contributed by atoms with Crippen molar-refractivity contribution in [2.75, 3.05) is 18.4 Å². The molecule has 6 heteroatoms. The molecule has 0 atom stereocenters. The number of likely N-dealkylation sites (tertiary alicyclic amines) is 1. The molecule has 0 bridgehead atoms. The van der Waals surface area contributed by atoms with Crippen molar-refractivity contribution in [1.29, 1.82) is 0 Å². The van der Waals surface area contributed by atoms with Crippen molar-refractivity contribution in [3.05, 3.63) is 46.4 Å². The summed E-state index contributed by atoms with van der Waals surface area (Å²) in [4.78, 5) is 18.9. The first-order chi connectivity index (χ1) is 11.3. The Labute approximate surface area is 140 Å². The van der Waals surface area contributed by atoms with Crippen LogP contribution >= 0.6 is 11.3 Å². The molecule has 122 valence electrons. The van der Waals surface area contributed by atoms with Gasteiger partial charge in [0.1, 0.15) is 5.01 Å². The van der Waals surface area contributed by atoms with Gasteiger partial charge < -0.3 is 10.6 Å². The second kappa shape index (κ2) is 8.08. The van der Waals surface area contributed by atoms with Gasteiger partial charge in [-0.1, -0.05) is 24.6 Å². The Bertz CT molecular complexity index is 623. The number of nitrogens with zero attached hydrogens (tertiary/aromatic N) is 2. The van der Waals surface area contributed by atoms with Gasteiger partial charge in [0.2, 0.25) is 0 Å². The molecule has 0 aliphatic carbocycles. The van der Waals surface area contributed by atoms with Gasteiger partial charge in [0.15, 0.2) is 0 Å². The maximum Gasteiger partial charge on any atom is 0.319 e. The van der Waals surface area contributed by atoms with Crippen LogP contribution in [0.5, 0.6) is 0 Å². The highest BCUT2D eigenvalue weighted by molar-refractivity contribution is 7.09. The van der Waals surface area contributed by atoms with Crippen LogP contribution in [0.2, 0.25) is 0 Å². The highest BCUT2D eigenvalue weighted by Gasteiger charge is 2.12. The molecule has 0 saturated carbocycles. The number of anilines is 1. The number of nitrogens with one attached hydrogen (secondary N) is 2. The summed E-state index contributed by atoms with van der Waals surface area (Å²) in [5.74, 6) is 0. The number of hydrogen-bond donors (Lipinski definition) is 2. The Hall–Kier alpha value is -1.92. The lowest BCUT2D eigenvalue weighted by Gasteiger charge is -2.25. The number of para-hydroxylation sites is 1. The van der Waals surface area contributed by atoms with E-state index in [0.29, 0.717) is 6.54 Å². The number of piperidine rings is 1. The van der Waals surface area contributed by atoms with E-state index in [0.717, 1.165) is 22.9 Å². The fourth-order valence-electron chi connectivity index (χ4n) is 2.70. The van der Waals surface area contributed by atoms with E-state index in [1.807, 2.05) is 30.3 Å². The van der Waals surface area contributed by atoms with Crippen LogP contribution in [0, 0.1) is 0 Å². The number of hydrogen-bond acceptors (Lipinski definition) is 4. The average molecular weight is 330 g/mol. The second-order valence-corrected chi connectivity index (χ2v) is 6.69. The fourth-order valence-corrected chi connectivity index (χ4v) is 3.43. The summed E-state index contributed by atoms with van der Waals surface area (Å²) in [6.07, 6.45) is 3.93. The normalized spacial score (nSPS) is 15.3. The van der Waals surface area contributed by atoms with Gasteiger partial charge in [-0.2, -0.15) is 0 Å². The third-order valence-corrected chi connectivity index (χ3v) is 4.76. The SMILES string of the molecule is O=C(NCc1nc(CN2CCCCC2)cs1)Nc1ccccc1. The number of carbonyl (C=O) groups excluding carboxylic acids is 1. The standard InChI is InChI=1S/C17H22N4OS/c22-17(20-14-7-3-1-4-8-14)18-11-16-19-15(13-23-16)12-21-9-5-2-6-10-21/h1,3-4,7-8,13H,2,5-6,9-12H2,(H2,18,20,22). The molecular weight excluding hydrogens is 308 g/mol. The maximum atomic E-state index is 11.9. The second-order valence-electron chi connectivity index (χ2n) is 5.74. The molecule has 1 aromatic carbocycles. The lowest BCUT2D eigenvalue weighted by molar-refractivity contribution is 0.219. The van der Waals surface area contributed by atoms with Crippen LogP contribution in [0.4, 0.5) is 10.5 Å². The van der Waals surface area contributed by atoms with Gasteiger partial charge in [0.25, 0.3) is 0 Å². The Kier molecular flexibility index (Phi) is 5.60. The average Bonchev–Trinajstić information content (AvgIpc) is 3.02. The molecule has 3 rings (SSSR count). The zero-order chi connectivity index (χ0) is 15.9. The number of rotatable bonds is 5. The summed E-state index contributed by atoms with van der Waals surface area (Å²) in [5, 5.41) is 8.69. The molecule has 2 N–H and O–H groups in total. The third kappa shape index (κ3) is 5.04. The van der Waals surface area contributed by atoms with Gasteiger partial charge in [0.05, 0.1) is 12.2 Å². The molecular formula is C17H22N4OS. The van der Waals surface area contributed by atoms with E-state index >= 15 is 0 Å². The van der Waals surface area contributed by atoms with Crippen molar-refractivity contribution in [3.63, 3.8) is 0 Å². The molecule has 1 aromatic heterocycles. The first kappa shape index (κ1) is 16.0. The maximum absolute atomic E-state index is 11.9. The molecule has 0 unspecified atom stereocenters. The summed E-state index contributed by atoms with van der Waals surface area (Å²) in [7, 11) is 0. The number of thiazole rings is 1.